The van der Waals surface area contributed by atoms with E-state index in [1.807, 2.05) is 0 Å². The Kier molecular flexibility index (Phi) is 9.63. The van der Waals surface area contributed by atoms with Crippen LogP contribution in [-0.2, 0) is 43.3 Å². The Labute approximate surface area is 417 Å². The van der Waals surface area contributed by atoms with Gasteiger partial charge in [0.05, 0.1) is 0 Å². The summed E-state index contributed by atoms with van der Waals surface area (Å²) in [5, 5.41) is 0. The van der Waals surface area contributed by atoms with Crippen LogP contribution >= 0.6 is 0 Å². The minimum absolute atomic E-state index is 0.0240. The first-order valence-electron chi connectivity index (χ1n) is 26.4. The van der Waals surface area contributed by atoms with Gasteiger partial charge in [-0.05, 0) is 185 Å². The van der Waals surface area contributed by atoms with Crippen LogP contribution in [0.4, 0.5) is 34.1 Å². The summed E-state index contributed by atoms with van der Waals surface area (Å²) in [6, 6.07) is 42.1. The van der Waals surface area contributed by atoms with Gasteiger partial charge >= 0.3 is 0 Å². The molecule has 0 atom stereocenters. The summed E-state index contributed by atoms with van der Waals surface area (Å²) >= 11 is 0. The number of anilines is 6. The van der Waals surface area contributed by atoms with Crippen LogP contribution in [-0.4, -0.2) is 6.71 Å². The Morgan fingerprint density at radius 1 is 0.406 bits per heavy atom. The molecule has 2 aliphatic heterocycles. The summed E-state index contributed by atoms with van der Waals surface area (Å²) in [6.45, 7) is 44.1. The molecule has 6 aromatic carbocycles. The van der Waals surface area contributed by atoms with Gasteiger partial charge < -0.3 is 9.80 Å². The Morgan fingerprint density at radius 2 is 0.913 bits per heavy atom. The highest BCUT2D eigenvalue weighted by atomic mass is 15.2. The van der Waals surface area contributed by atoms with Crippen molar-refractivity contribution < 1.29 is 0 Å². The third-order valence-electron chi connectivity index (χ3n) is 18.6. The van der Waals surface area contributed by atoms with Crippen LogP contribution < -0.4 is 26.2 Å². The van der Waals surface area contributed by atoms with Crippen molar-refractivity contribution in [1.82, 2.24) is 0 Å². The van der Waals surface area contributed by atoms with Crippen molar-refractivity contribution in [3.63, 3.8) is 0 Å². The molecule has 11 rings (SSSR count). The van der Waals surface area contributed by atoms with Crippen molar-refractivity contribution in [2.45, 2.75) is 194 Å². The highest BCUT2D eigenvalue weighted by molar-refractivity contribution is 7.00. The Balaban J connectivity index is 1.29. The molecule has 0 bridgehead atoms. The Hall–Kier alpha value is -5.02. The van der Waals surface area contributed by atoms with Crippen molar-refractivity contribution in [2.75, 3.05) is 9.80 Å². The van der Waals surface area contributed by atoms with Gasteiger partial charge in [0, 0.05) is 39.5 Å². The van der Waals surface area contributed by atoms with E-state index in [0.29, 0.717) is 0 Å². The standard InChI is InChI=1S/C66H79BN2/c1-40-30-46-49(61(7,8)29-28-60(46,5)6)36-54(40)69-53-27-24-42(66(17,18)41-22-20-19-21-23-41)31-51(53)67-52-35-48-50(65(15,16)39-64(48,13)14)37-55(52)68(56-32-43(59(2,3)4)33-57(69)58(56)67)44-25-26-45-47(34-44)63(11,12)38-62(45,9)10/h19-27,30-37H,28-29,38-39H2,1-18H3. The van der Waals surface area contributed by atoms with Gasteiger partial charge in [0.1, 0.15) is 0 Å². The van der Waals surface area contributed by atoms with E-state index in [1.54, 1.807) is 0 Å². The van der Waals surface area contributed by atoms with E-state index in [9.17, 15) is 0 Å². The molecular weight excluding hydrogens is 832 g/mol. The summed E-state index contributed by atoms with van der Waals surface area (Å²) in [7, 11) is 0. The lowest BCUT2D eigenvalue weighted by Gasteiger charge is -2.47. The number of benzene rings is 6. The zero-order valence-electron chi connectivity index (χ0n) is 45.6. The first-order valence-corrected chi connectivity index (χ1v) is 26.4. The van der Waals surface area contributed by atoms with Crippen molar-refractivity contribution in [3.8, 4) is 0 Å². The monoisotopic (exact) mass is 911 g/mol. The van der Waals surface area contributed by atoms with Gasteiger partial charge in [0.15, 0.2) is 0 Å². The van der Waals surface area contributed by atoms with Crippen LogP contribution in [0.15, 0.2) is 103 Å². The lowest BCUT2D eigenvalue weighted by molar-refractivity contribution is 0.332. The largest absolute Gasteiger partial charge is 0.311 e. The zero-order chi connectivity index (χ0) is 49.6. The fourth-order valence-electron chi connectivity index (χ4n) is 14.9. The third-order valence-corrected chi connectivity index (χ3v) is 18.6. The molecule has 3 aliphatic carbocycles. The molecule has 3 heteroatoms. The number of nitrogens with zero attached hydrogens (tertiary/aromatic N) is 2. The van der Waals surface area contributed by atoms with Gasteiger partial charge in [-0.15, -0.1) is 0 Å². The average Bonchev–Trinajstić information content (AvgIpc) is 3.57. The van der Waals surface area contributed by atoms with Crippen LogP contribution in [0.2, 0.25) is 0 Å². The summed E-state index contributed by atoms with van der Waals surface area (Å²) in [6.07, 6.45) is 4.65. The number of fused-ring (bicyclic) bond motifs is 7. The van der Waals surface area contributed by atoms with Gasteiger partial charge in [-0.2, -0.15) is 0 Å². The first-order chi connectivity index (χ1) is 31.9. The predicted octanol–water partition coefficient (Wildman–Crippen LogP) is 16.0. The normalized spacial score (nSPS) is 20.4. The molecule has 0 aromatic heterocycles. The summed E-state index contributed by atoms with van der Waals surface area (Å²) in [4.78, 5) is 5.46. The second-order valence-corrected chi connectivity index (χ2v) is 28.1. The molecule has 0 fully saturated rings. The fourth-order valence-corrected chi connectivity index (χ4v) is 14.9. The van der Waals surface area contributed by atoms with E-state index in [4.69, 9.17) is 0 Å². The minimum Gasteiger partial charge on any atom is -0.311 e. The van der Waals surface area contributed by atoms with E-state index in [2.05, 4.69) is 238 Å². The van der Waals surface area contributed by atoms with Crippen LogP contribution in [0, 0.1) is 6.92 Å². The number of rotatable bonds is 4. The van der Waals surface area contributed by atoms with Gasteiger partial charge in [0.25, 0.3) is 6.71 Å². The summed E-state index contributed by atoms with van der Waals surface area (Å²) < 4.78 is 0. The molecule has 0 radical (unpaired) electrons. The van der Waals surface area contributed by atoms with E-state index in [1.165, 1.54) is 119 Å². The summed E-state index contributed by atoms with van der Waals surface area (Å²) in [5.41, 5.74) is 26.7. The molecule has 0 spiro atoms. The van der Waals surface area contributed by atoms with Gasteiger partial charge in [-0.3, -0.25) is 0 Å². The van der Waals surface area contributed by atoms with Crippen LogP contribution in [0.3, 0.4) is 0 Å². The molecule has 0 unspecified atom stereocenters. The predicted molar refractivity (Wildman–Crippen MR) is 299 cm³/mol. The molecule has 6 aromatic rings. The van der Waals surface area contributed by atoms with Crippen LogP contribution in [0.1, 0.15) is 199 Å². The smallest absolute Gasteiger partial charge is 0.252 e. The van der Waals surface area contributed by atoms with Gasteiger partial charge in [0.2, 0.25) is 0 Å². The van der Waals surface area contributed by atoms with E-state index >= 15 is 0 Å². The molecule has 2 heterocycles. The van der Waals surface area contributed by atoms with Crippen LogP contribution in [0.25, 0.3) is 0 Å². The molecule has 0 saturated carbocycles. The molecule has 2 nitrogen and oxygen atoms in total. The quantitative estimate of drug-likeness (QED) is 0.162. The Morgan fingerprint density at radius 3 is 1.52 bits per heavy atom. The minimum atomic E-state index is -0.212. The second kappa shape index (κ2) is 14.3. The molecule has 69 heavy (non-hydrogen) atoms. The fraction of sp³-hybridized carbons (Fsp3) is 0.455. The van der Waals surface area contributed by atoms with Crippen molar-refractivity contribution >= 4 is 57.2 Å². The molecule has 0 amide bonds. The van der Waals surface area contributed by atoms with Gasteiger partial charge in [-0.25, -0.2) is 0 Å². The van der Waals surface area contributed by atoms with E-state index in [-0.39, 0.29) is 50.0 Å². The maximum atomic E-state index is 2.73. The van der Waals surface area contributed by atoms with Crippen molar-refractivity contribution in [2.24, 2.45) is 0 Å². The molecule has 356 valence electrons. The molecule has 0 saturated heterocycles. The first kappa shape index (κ1) is 46.4. The SMILES string of the molecule is Cc1cc2c(cc1N1c3ccc(C(C)(C)c4ccccc4)cc3B3c4cc5c(cc4N(c4ccc6c(c4)C(C)(C)CC6(C)C)c4cc(C(C)(C)C)cc1c43)C(C)(C)CC5(C)C)C(C)(C)CCC2(C)C. The van der Waals surface area contributed by atoms with Crippen LogP contribution in [0.5, 0.6) is 0 Å². The maximum Gasteiger partial charge on any atom is 0.252 e. The highest BCUT2D eigenvalue weighted by Crippen LogP contribution is 2.56. The maximum absolute atomic E-state index is 2.73. The van der Waals surface area contributed by atoms with E-state index < -0.39 is 0 Å². The lowest BCUT2D eigenvalue weighted by atomic mass is 9.33. The van der Waals surface area contributed by atoms with Crippen molar-refractivity contribution in [1.29, 1.82) is 0 Å². The Bertz CT molecular complexity index is 3150. The molecule has 5 aliphatic rings. The second-order valence-electron chi connectivity index (χ2n) is 28.1. The molecule has 0 N–H and O–H groups in total. The van der Waals surface area contributed by atoms with Crippen molar-refractivity contribution in [3.05, 3.63) is 159 Å². The number of hydrogen-bond acceptors (Lipinski definition) is 2. The number of hydrogen-bond donors (Lipinski definition) is 0. The third kappa shape index (κ3) is 6.77. The lowest BCUT2D eigenvalue weighted by Crippen LogP contribution is -2.62. The average molecular weight is 911 g/mol. The topological polar surface area (TPSA) is 6.48 Å². The summed E-state index contributed by atoms with van der Waals surface area (Å²) in [5.74, 6) is 0. The highest BCUT2D eigenvalue weighted by Gasteiger charge is 2.50. The zero-order valence-corrected chi connectivity index (χ0v) is 45.6. The molecular formula is C66H79BN2. The van der Waals surface area contributed by atoms with Gasteiger partial charge in [-0.1, -0.05) is 178 Å². The number of aryl methyl sites for hydroxylation is 1. The van der Waals surface area contributed by atoms with E-state index in [0.717, 1.165) is 12.8 Å².